The first kappa shape index (κ1) is 21.4. The smallest absolute Gasteiger partial charge is 0.326 e. The van der Waals surface area contributed by atoms with Crippen LogP contribution >= 0.6 is 12.6 Å². The van der Waals surface area contributed by atoms with Gasteiger partial charge in [0.25, 0.3) is 0 Å². The van der Waals surface area contributed by atoms with Crippen molar-refractivity contribution in [1.82, 2.24) is 10.2 Å². The summed E-state index contributed by atoms with van der Waals surface area (Å²) in [5.41, 5.74) is 2.93. The van der Waals surface area contributed by atoms with Crippen LogP contribution in [0.25, 0.3) is 0 Å². The first-order valence-electron chi connectivity index (χ1n) is 10.6. The van der Waals surface area contributed by atoms with Gasteiger partial charge in [0.15, 0.2) is 0 Å². The Labute approximate surface area is 187 Å². The third-order valence-corrected chi connectivity index (χ3v) is 6.61. The van der Waals surface area contributed by atoms with Crippen molar-refractivity contribution in [3.63, 3.8) is 0 Å². The molecule has 2 amide bonds. The number of aliphatic carboxylic acids is 1. The predicted octanol–water partition coefficient (Wildman–Crippen LogP) is 2.78. The number of carbonyl (C=O) groups is 3. The largest absolute Gasteiger partial charge is 0.480 e. The van der Waals surface area contributed by atoms with Crippen molar-refractivity contribution in [3.05, 3.63) is 71.3 Å². The van der Waals surface area contributed by atoms with Crippen molar-refractivity contribution in [2.45, 2.75) is 55.5 Å². The fourth-order valence-electron chi connectivity index (χ4n) is 4.70. The molecule has 4 atom stereocenters. The minimum atomic E-state index is -1.00. The van der Waals surface area contributed by atoms with Crippen molar-refractivity contribution in [3.8, 4) is 0 Å². The first-order chi connectivity index (χ1) is 15.0. The lowest BCUT2D eigenvalue weighted by molar-refractivity contribution is -0.156. The van der Waals surface area contributed by atoms with Gasteiger partial charge in [0, 0.05) is 6.42 Å². The number of piperidine rings is 1. The van der Waals surface area contributed by atoms with Gasteiger partial charge < -0.3 is 15.3 Å². The SMILES string of the molecule is O=C(N[C@H]1Cc2ccccc2[C@H]2CCC[C@@H](C(=O)O)N2C1=O)[C@H](S)Cc1ccccc1. The highest BCUT2D eigenvalue weighted by molar-refractivity contribution is 7.81. The number of nitrogens with zero attached hydrogens (tertiary/aromatic N) is 1. The van der Waals surface area contributed by atoms with Gasteiger partial charge in [0.2, 0.25) is 11.8 Å². The van der Waals surface area contributed by atoms with Gasteiger partial charge in [-0.1, -0.05) is 54.6 Å². The number of carbonyl (C=O) groups excluding carboxylic acids is 2. The lowest BCUT2D eigenvalue weighted by atomic mass is 9.89. The zero-order valence-corrected chi connectivity index (χ0v) is 18.0. The molecule has 2 aliphatic rings. The number of nitrogens with one attached hydrogen (secondary N) is 1. The van der Waals surface area contributed by atoms with Crippen LogP contribution in [0.2, 0.25) is 0 Å². The maximum absolute atomic E-state index is 13.5. The van der Waals surface area contributed by atoms with Crippen LogP contribution in [0.15, 0.2) is 54.6 Å². The molecule has 6 nitrogen and oxygen atoms in total. The van der Waals surface area contributed by atoms with E-state index in [-0.39, 0.29) is 17.9 Å². The number of thiol groups is 1. The molecule has 0 aromatic heterocycles. The number of hydrogen-bond donors (Lipinski definition) is 3. The van der Waals surface area contributed by atoms with Crippen LogP contribution in [0.4, 0.5) is 0 Å². The Bertz CT molecular complexity index is 981. The van der Waals surface area contributed by atoms with Gasteiger partial charge in [-0.25, -0.2) is 4.79 Å². The van der Waals surface area contributed by atoms with Gasteiger partial charge in [-0.05, 0) is 42.4 Å². The third-order valence-electron chi connectivity index (χ3n) is 6.19. The molecule has 0 aliphatic carbocycles. The molecule has 2 heterocycles. The summed E-state index contributed by atoms with van der Waals surface area (Å²) in [6, 6.07) is 15.3. The van der Waals surface area contributed by atoms with E-state index in [9.17, 15) is 19.5 Å². The molecule has 0 unspecified atom stereocenters. The Morgan fingerprint density at radius 2 is 1.81 bits per heavy atom. The van der Waals surface area contributed by atoms with E-state index < -0.39 is 23.3 Å². The van der Waals surface area contributed by atoms with Crippen LogP contribution in [-0.4, -0.2) is 45.1 Å². The van der Waals surface area contributed by atoms with Crippen molar-refractivity contribution in [2.75, 3.05) is 0 Å². The van der Waals surface area contributed by atoms with Crippen LogP contribution in [0.3, 0.4) is 0 Å². The Kier molecular flexibility index (Phi) is 6.32. The van der Waals surface area contributed by atoms with Crippen molar-refractivity contribution < 1.29 is 19.5 Å². The quantitative estimate of drug-likeness (QED) is 0.627. The molecule has 31 heavy (non-hydrogen) atoms. The summed E-state index contributed by atoms with van der Waals surface area (Å²) >= 11 is 4.46. The van der Waals surface area contributed by atoms with E-state index in [1.165, 1.54) is 4.90 Å². The second-order valence-corrected chi connectivity index (χ2v) is 8.84. The molecule has 2 N–H and O–H groups in total. The molecule has 4 rings (SSSR count). The number of fused-ring (bicyclic) bond motifs is 3. The highest BCUT2D eigenvalue weighted by Gasteiger charge is 2.44. The summed E-state index contributed by atoms with van der Waals surface area (Å²) in [6.07, 6.45) is 2.66. The third kappa shape index (κ3) is 4.46. The highest BCUT2D eigenvalue weighted by atomic mass is 32.1. The topological polar surface area (TPSA) is 86.7 Å². The molecular formula is C24H26N2O4S. The van der Waals surface area contributed by atoms with Crippen LogP contribution in [0.1, 0.15) is 42.0 Å². The van der Waals surface area contributed by atoms with E-state index in [4.69, 9.17) is 0 Å². The summed E-state index contributed by atoms with van der Waals surface area (Å²) in [5.74, 6) is -1.66. The standard InChI is InChI=1S/C24H26N2O4S/c27-22(21(31)13-15-7-2-1-3-8-15)25-18-14-16-9-4-5-10-17(16)19-11-6-12-20(24(29)30)26(19)23(18)28/h1-5,7-10,18-21,31H,6,11-14H2,(H,25,27)(H,29,30)/t18-,19+,20-,21+/m0/s1. The summed E-state index contributed by atoms with van der Waals surface area (Å²) in [7, 11) is 0. The zero-order chi connectivity index (χ0) is 22.0. The summed E-state index contributed by atoms with van der Waals surface area (Å²) < 4.78 is 0. The van der Waals surface area contributed by atoms with Gasteiger partial charge in [0.05, 0.1) is 11.3 Å². The van der Waals surface area contributed by atoms with Gasteiger partial charge in [0.1, 0.15) is 12.1 Å². The fourth-order valence-corrected chi connectivity index (χ4v) is 4.98. The molecule has 1 fully saturated rings. The number of rotatable bonds is 5. The van der Waals surface area contributed by atoms with Gasteiger partial charge in [-0.3, -0.25) is 9.59 Å². The molecule has 0 saturated carbocycles. The van der Waals surface area contributed by atoms with Crippen LogP contribution in [0.5, 0.6) is 0 Å². The minimum absolute atomic E-state index is 0.281. The minimum Gasteiger partial charge on any atom is -0.480 e. The Hall–Kier alpha value is -2.80. The molecule has 1 saturated heterocycles. The van der Waals surface area contributed by atoms with Gasteiger partial charge in [-0.2, -0.15) is 12.6 Å². The zero-order valence-electron chi connectivity index (χ0n) is 17.1. The van der Waals surface area contributed by atoms with E-state index in [0.29, 0.717) is 19.3 Å². The molecule has 0 radical (unpaired) electrons. The number of benzene rings is 2. The Morgan fingerprint density at radius 3 is 2.55 bits per heavy atom. The van der Waals surface area contributed by atoms with Crippen molar-refractivity contribution >= 4 is 30.4 Å². The maximum atomic E-state index is 13.5. The highest BCUT2D eigenvalue weighted by Crippen LogP contribution is 2.39. The maximum Gasteiger partial charge on any atom is 0.326 e. The summed E-state index contributed by atoms with van der Waals surface area (Å²) in [5, 5.41) is 12.0. The molecule has 2 aromatic rings. The van der Waals surface area contributed by atoms with E-state index >= 15 is 0 Å². The van der Waals surface area contributed by atoms with E-state index in [1.54, 1.807) is 0 Å². The second kappa shape index (κ2) is 9.14. The molecular weight excluding hydrogens is 412 g/mol. The molecule has 2 aliphatic heterocycles. The fraction of sp³-hybridized carbons (Fsp3) is 0.375. The lowest BCUT2D eigenvalue weighted by Gasteiger charge is -2.40. The average molecular weight is 439 g/mol. The monoisotopic (exact) mass is 438 g/mol. The van der Waals surface area contributed by atoms with Crippen LogP contribution in [-0.2, 0) is 27.2 Å². The summed E-state index contributed by atoms with van der Waals surface area (Å²) in [6.45, 7) is 0. The number of amides is 2. The summed E-state index contributed by atoms with van der Waals surface area (Å²) in [4.78, 5) is 39.8. The van der Waals surface area contributed by atoms with E-state index in [1.807, 2.05) is 54.6 Å². The average Bonchev–Trinajstić information content (AvgIpc) is 2.89. The Balaban J connectivity index is 1.59. The van der Waals surface area contributed by atoms with Crippen molar-refractivity contribution in [2.24, 2.45) is 0 Å². The van der Waals surface area contributed by atoms with E-state index in [0.717, 1.165) is 29.5 Å². The predicted molar refractivity (Wildman–Crippen MR) is 120 cm³/mol. The number of carboxylic acids is 1. The molecule has 0 spiro atoms. The first-order valence-corrected chi connectivity index (χ1v) is 11.1. The van der Waals surface area contributed by atoms with Crippen LogP contribution in [0, 0.1) is 0 Å². The molecule has 7 heteroatoms. The molecule has 162 valence electrons. The number of carboxylic acid groups (broad SMARTS) is 1. The van der Waals surface area contributed by atoms with Crippen molar-refractivity contribution in [1.29, 1.82) is 0 Å². The normalized spacial score (nSPS) is 23.8. The van der Waals surface area contributed by atoms with Crippen LogP contribution < -0.4 is 5.32 Å². The van der Waals surface area contributed by atoms with E-state index in [2.05, 4.69) is 17.9 Å². The lowest BCUT2D eigenvalue weighted by Crippen LogP contribution is -2.56. The van der Waals surface area contributed by atoms with Gasteiger partial charge >= 0.3 is 5.97 Å². The van der Waals surface area contributed by atoms with Gasteiger partial charge in [-0.15, -0.1) is 0 Å². The molecule has 0 bridgehead atoms. The second-order valence-electron chi connectivity index (χ2n) is 8.22. The Morgan fingerprint density at radius 1 is 1.10 bits per heavy atom. The number of hydrogen-bond acceptors (Lipinski definition) is 4. The molecule has 2 aromatic carbocycles.